The van der Waals surface area contributed by atoms with Crippen molar-refractivity contribution in [3.8, 4) is 0 Å². The van der Waals surface area contributed by atoms with E-state index in [9.17, 15) is 4.79 Å². The molecular formula is C5H7IN2O2. The summed E-state index contributed by atoms with van der Waals surface area (Å²) in [6.07, 6.45) is 4.92. The van der Waals surface area contributed by atoms with Crippen LogP contribution in [0.15, 0.2) is 18.7 Å². The molecule has 10 heavy (non-hydrogen) atoms. The van der Waals surface area contributed by atoms with Crippen molar-refractivity contribution in [2.24, 2.45) is 0 Å². The number of H-pyrrole nitrogens is 1. The van der Waals surface area contributed by atoms with Crippen LogP contribution in [0.25, 0.3) is 0 Å². The van der Waals surface area contributed by atoms with E-state index >= 15 is 0 Å². The number of nitrogens with one attached hydrogen (secondary N) is 1. The van der Waals surface area contributed by atoms with E-state index in [-0.39, 0.29) is 30.5 Å². The minimum atomic E-state index is -0.834. The number of rotatable bonds is 2. The smallest absolute Gasteiger partial charge is 0.346 e. The molecule has 2 N–H and O–H groups in total. The first-order valence-corrected chi connectivity index (χ1v) is 2.52. The molecule has 0 saturated heterocycles. The maximum atomic E-state index is 10.0. The van der Waals surface area contributed by atoms with Crippen molar-refractivity contribution in [3.63, 3.8) is 0 Å². The van der Waals surface area contributed by atoms with Crippen LogP contribution >= 0.6 is 0 Å². The number of carbonyl (C=O) groups is 1. The number of imidazole rings is 1. The van der Waals surface area contributed by atoms with E-state index in [1.54, 1.807) is 23.3 Å². The van der Waals surface area contributed by atoms with Gasteiger partial charge in [-0.05, 0) is 0 Å². The Hall–Kier alpha value is -0.590. The molecular weight excluding hydrogens is 247 g/mol. The van der Waals surface area contributed by atoms with Crippen molar-refractivity contribution in [1.29, 1.82) is 0 Å². The molecule has 0 atom stereocenters. The van der Waals surface area contributed by atoms with E-state index in [2.05, 4.69) is 4.98 Å². The van der Waals surface area contributed by atoms with Gasteiger partial charge in [0.15, 0.2) is 6.54 Å². The molecule has 1 heterocycles. The van der Waals surface area contributed by atoms with Crippen molar-refractivity contribution >= 4 is 5.97 Å². The Morgan fingerprint density at radius 1 is 1.70 bits per heavy atom. The summed E-state index contributed by atoms with van der Waals surface area (Å²) in [6.45, 7) is 0.0174. The average Bonchev–Trinajstić information content (AvgIpc) is 2.15. The molecule has 0 fully saturated rings. The monoisotopic (exact) mass is 254 g/mol. The fraction of sp³-hybridized carbons (Fsp3) is 0.200. The number of aromatic amines is 1. The molecule has 0 radical (unpaired) electrons. The molecule has 56 valence electrons. The van der Waals surface area contributed by atoms with Crippen LogP contribution in [0, 0.1) is 0 Å². The van der Waals surface area contributed by atoms with Crippen molar-refractivity contribution in [2.45, 2.75) is 6.54 Å². The van der Waals surface area contributed by atoms with Gasteiger partial charge in [0, 0.05) is 0 Å². The molecule has 1 aromatic heterocycles. The third kappa shape index (κ3) is 2.81. The van der Waals surface area contributed by atoms with Crippen molar-refractivity contribution in [1.82, 2.24) is 4.57 Å². The Balaban J connectivity index is 0.000000810. The zero-order valence-corrected chi connectivity index (χ0v) is 7.28. The molecule has 5 heteroatoms. The molecule has 0 bridgehead atoms. The quantitative estimate of drug-likeness (QED) is 0.554. The molecule has 1 rings (SSSR count). The molecule has 0 aliphatic heterocycles. The van der Waals surface area contributed by atoms with Gasteiger partial charge in [0.1, 0.15) is 12.4 Å². The summed E-state index contributed by atoms with van der Waals surface area (Å²) >= 11 is 0. The highest BCUT2D eigenvalue weighted by atomic mass is 127. The van der Waals surface area contributed by atoms with Gasteiger partial charge in [-0.3, -0.25) is 4.98 Å². The lowest BCUT2D eigenvalue weighted by Crippen LogP contribution is -3.00. The van der Waals surface area contributed by atoms with Crippen LogP contribution in [0.2, 0.25) is 0 Å². The maximum Gasteiger partial charge on any atom is 0.346 e. The molecule has 4 nitrogen and oxygen atoms in total. The molecule has 0 aliphatic carbocycles. The largest absolute Gasteiger partial charge is 1.00 e. The van der Waals surface area contributed by atoms with E-state index in [1.807, 2.05) is 0 Å². The number of carboxylic acids is 1. The Labute approximate surface area is 74.9 Å². The van der Waals surface area contributed by atoms with E-state index in [0.29, 0.717) is 0 Å². The second kappa shape index (κ2) is 4.26. The van der Waals surface area contributed by atoms with E-state index in [1.165, 1.54) is 0 Å². The highest BCUT2D eigenvalue weighted by Gasteiger charge is 2.01. The van der Waals surface area contributed by atoms with Crippen molar-refractivity contribution in [2.75, 3.05) is 0 Å². The van der Waals surface area contributed by atoms with Crippen molar-refractivity contribution in [3.05, 3.63) is 18.7 Å². The highest BCUT2D eigenvalue weighted by molar-refractivity contribution is 5.66. The fourth-order valence-electron chi connectivity index (χ4n) is 0.575. The van der Waals surface area contributed by atoms with E-state index in [0.717, 1.165) is 0 Å². The first-order valence-electron chi connectivity index (χ1n) is 2.52. The zero-order chi connectivity index (χ0) is 6.69. The third-order valence-electron chi connectivity index (χ3n) is 0.920. The standard InChI is InChI=1S/C5H6N2O2.HI/c8-5(9)3-7-2-1-6-4-7;/h1-2,4H,3H2,(H,8,9);1H. The van der Waals surface area contributed by atoms with Gasteiger partial charge in [0.25, 0.3) is 0 Å². The summed E-state index contributed by atoms with van der Waals surface area (Å²) in [5.74, 6) is -0.834. The van der Waals surface area contributed by atoms with Crippen LogP contribution in [0.4, 0.5) is 0 Å². The summed E-state index contributed by atoms with van der Waals surface area (Å²) < 4.78 is 1.54. The molecule has 0 aliphatic rings. The normalized spacial score (nSPS) is 8.40. The molecule has 0 spiro atoms. The molecule has 0 saturated carbocycles. The molecule has 1 aromatic rings. The van der Waals surface area contributed by atoms with Gasteiger partial charge >= 0.3 is 5.97 Å². The summed E-state index contributed by atoms with van der Waals surface area (Å²) in [6, 6.07) is 0. The van der Waals surface area contributed by atoms with Gasteiger partial charge in [-0.25, -0.2) is 9.36 Å². The summed E-state index contributed by atoms with van der Waals surface area (Å²) in [5, 5.41) is 8.25. The first-order chi connectivity index (χ1) is 4.29. The Kier molecular flexibility index (Phi) is 4.01. The number of aromatic nitrogens is 2. The number of halogens is 1. The fourth-order valence-corrected chi connectivity index (χ4v) is 0.575. The second-order valence-corrected chi connectivity index (χ2v) is 1.68. The summed E-state index contributed by atoms with van der Waals surface area (Å²) in [4.78, 5) is 12.8. The number of hydrogen-bond donors (Lipinski definition) is 1. The summed E-state index contributed by atoms with van der Waals surface area (Å²) in [7, 11) is 0. The lowest BCUT2D eigenvalue weighted by molar-refractivity contribution is -0.377. The molecule has 0 aromatic carbocycles. The third-order valence-corrected chi connectivity index (χ3v) is 0.920. The van der Waals surface area contributed by atoms with Crippen LogP contribution in [0.3, 0.4) is 0 Å². The van der Waals surface area contributed by atoms with Crippen molar-refractivity contribution < 1.29 is 38.9 Å². The average molecular weight is 254 g/mol. The van der Waals surface area contributed by atoms with E-state index < -0.39 is 5.97 Å². The van der Waals surface area contributed by atoms with Gasteiger partial charge in [-0.1, -0.05) is 0 Å². The topological polar surface area (TPSA) is 56.4 Å². The van der Waals surface area contributed by atoms with Gasteiger partial charge in [0.2, 0.25) is 6.33 Å². The Bertz CT molecular complexity index is 197. The number of hydrogen-bond acceptors (Lipinski definition) is 1. The Morgan fingerprint density at radius 2 is 2.40 bits per heavy atom. The van der Waals surface area contributed by atoms with Crippen LogP contribution in [-0.2, 0) is 11.3 Å². The zero-order valence-electron chi connectivity index (χ0n) is 5.12. The number of carboxylic acid groups (broad SMARTS) is 1. The predicted molar refractivity (Wildman–Crippen MR) is 28.6 cm³/mol. The highest BCUT2D eigenvalue weighted by Crippen LogP contribution is 1.79. The van der Waals surface area contributed by atoms with E-state index in [4.69, 9.17) is 5.11 Å². The number of nitrogens with zero attached hydrogens (tertiary/aromatic N) is 1. The minimum absolute atomic E-state index is 0. The Morgan fingerprint density at radius 3 is 2.80 bits per heavy atom. The van der Waals surface area contributed by atoms with Gasteiger partial charge in [-0.15, -0.1) is 0 Å². The lowest BCUT2D eigenvalue weighted by Gasteiger charge is -1.84. The SMILES string of the molecule is O=C(O)Cn1cc[nH+]c1.[I-]. The molecule has 0 unspecified atom stereocenters. The minimum Gasteiger partial charge on any atom is -1.00 e. The van der Waals surface area contributed by atoms with Gasteiger partial charge < -0.3 is 29.1 Å². The number of aliphatic carboxylic acids is 1. The first kappa shape index (κ1) is 9.41. The summed E-state index contributed by atoms with van der Waals surface area (Å²) in [5.41, 5.74) is 0. The van der Waals surface area contributed by atoms with Crippen LogP contribution in [0.1, 0.15) is 0 Å². The maximum absolute atomic E-state index is 10.0. The van der Waals surface area contributed by atoms with Crippen LogP contribution in [-0.4, -0.2) is 15.6 Å². The van der Waals surface area contributed by atoms with Crippen LogP contribution < -0.4 is 29.0 Å². The van der Waals surface area contributed by atoms with Gasteiger partial charge in [0.05, 0.1) is 0 Å². The second-order valence-electron chi connectivity index (χ2n) is 1.68. The molecule has 0 amide bonds. The van der Waals surface area contributed by atoms with Gasteiger partial charge in [-0.2, -0.15) is 0 Å². The predicted octanol–water partition coefficient (Wildman–Crippen LogP) is -3.61. The lowest BCUT2D eigenvalue weighted by atomic mass is 10.6. The van der Waals surface area contributed by atoms with Crippen LogP contribution in [0.5, 0.6) is 0 Å².